The molecular weight excluding hydrogens is 208 g/mol. The van der Waals surface area contributed by atoms with E-state index in [0.29, 0.717) is 6.04 Å². The molecule has 86 valence electrons. The topological polar surface area (TPSA) is 17.8 Å². The molecule has 0 fully saturated rings. The maximum absolute atomic E-state index is 6.20. The highest BCUT2D eigenvalue weighted by Gasteiger charge is 2.21. The molecule has 0 atom stereocenters. The molecule has 1 aromatic heterocycles. The van der Waals surface area contributed by atoms with Crippen molar-refractivity contribution in [3.63, 3.8) is 0 Å². The minimum absolute atomic E-state index is 0.0704. The van der Waals surface area contributed by atoms with E-state index >= 15 is 0 Å². The molecule has 1 rings (SSSR count). The first-order valence-electron chi connectivity index (χ1n) is 5.65. The van der Waals surface area contributed by atoms with Crippen molar-refractivity contribution in [2.24, 2.45) is 0 Å². The van der Waals surface area contributed by atoms with E-state index in [9.17, 15) is 0 Å². The molecule has 2 nitrogen and oxygen atoms in total. The number of halogens is 1. The zero-order chi connectivity index (χ0) is 11.6. The van der Waals surface area contributed by atoms with Gasteiger partial charge in [0.25, 0.3) is 0 Å². The summed E-state index contributed by atoms with van der Waals surface area (Å²) in [6, 6.07) is 2.41. The summed E-state index contributed by atoms with van der Waals surface area (Å²) < 4.78 is 1.96. The molecule has 0 radical (unpaired) electrons. The second-order valence-corrected chi connectivity index (χ2v) is 5.40. The lowest BCUT2D eigenvalue weighted by atomic mass is 9.93. The minimum atomic E-state index is 0.0704. The van der Waals surface area contributed by atoms with Crippen molar-refractivity contribution in [2.75, 3.05) is 0 Å². The molecule has 0 saturated carbocycles. The molecule has 0 N–H and O–H groups in total. The van der Waals surface area contributed by atoms with E-state index in [2.05, 4.69) is 39.7 Å². The van der Waals surface area contributed by atoms with E-state index < -0.39 is 0 Å². The molecule has 0 aliphatic heterocycles. The van der Waals surface area contributed by atoms with Crippen LogP contribution in [0.1, 0.15) is 59.2 Å². The highest BCUT2D eigenvalue weighted by atomic mass is 35.5. The summed E-state index contributed by atoms with van der Waals surface area (Å²) >= 11 is 6.20. The van der Waals surface area contributed by atoms with Gasteiger partial charge in [-0.15, -0.1) is 0 Å². The Labute approximate surface area is 97.6 Å². The summed E-state index contributed by atoms with van der Waals surface area (Å²) in [5, 5.41) is 5.37. The quantitative estimate of drug-likeness (QED) is 0.759. The fourth-order valence-electron chi connectivity index (χ4n) is 1.63. The molecule has 1 aromatic rings. The minimum Gasteiger partial charge on any atom is -0.251 e. The lowest BCUT2D eigenvalue weighted by Crippen LogP contribution is -2.15. The summed E-state index contributed by atoms with van der Waals surface area (Å²) in [7, 11) is 0. The Bertz CT molecular complexity index is 319. The van der Waals surface area contributed by atoms with Gasteiger partial charge in [-0.05, 0) is 18.9 Å². The summed E-state index contributed by atoms with van der Waals surface area (Å²) in [4.78, 5) is 0. The highest BCUT2D eigenvalue weighted by Crippen LogP contribution is 2.27. The first-order valence-corrected chi connectivity index (χ1v) is 6.03. The van der Waals surface area contributed by atoms with E-state index in [4.69, 9.17) is 11.6 Å². The van der Waals surface area contributed by atoms with Gasteiger partial charge < -0.3 is 0 Å². The van der Waals surface area contributed by atoms with Gasteiger partial charge in [0, 0.05) is 5.41 Å². The average Bonchev–Trinajstić information content (AvgIpc) is 2.50. The molecule has 0 saturated heterocycles. The van der Waals surface area contributed by atoms with Crippen LogP contribution in [0, 0.1) is 0 Å². The Morgan fingerprint density at radius 2 is 1.87 bits per heavy atom. The molecule has 0 aromatic carbocycles. The van der Waals surface area contributed by atoms with Crippen molar-refractivity contribution in [2.45, 2.75) is 58.9 Å². The van der Waals surface area contributed by atoms with Crippen LogP contribution >= 0.6 is 11.6 Å². The van der Waals surface area contributed by atoms with Crippen LogP contribution in [0.15, 0.2) is 6.07 Å². The summed E-state index contributed by atoms with van der Waals surface area (Å²) in [6.45, 7) is 10.8. The summed E-state index contributed by atoms with van der Waals surface area (Å²) in [5.74, 6) is 0. The number of nitrogens with zero attached hydrogens (tertiary/aromatic N) is 2. The third-order valence-electron chi connectivity index (χ3n) is 2.75. The lowest BCUT2D eigenvalue weighted by molar-refractivity contribution is 0.417. The number of rotatable bonds is 3. The molecule has 0 amide bonds. The van der Waals surface area contributed by atoms with Gasteiger partial charge in [-0.2, -0.15) is 5.10 Å². The van der Waals surface area contributed by atoms with Crippen molar-refractivity contribution >= 4 is 11.6 Å². The second-order valence-electron chi connectivity index (χ2n) is 5.02. The van der Waals surface area contributed by atoms with E-state index in [1.165, 1.54) is 0 Å². The van der Waals surface area contributed by atoms with Gasteiger partial charge in [-0.1, -0.05) is 46.2 Å². The lowest BCUT2D eigenvalue weighted by Gasteiger charge is -2.16. The van der Waals surface area contributed by atoms with Crippen LogP contribution in [0.4, 0.5) is 0 Å². The monoisotopic (exact) mass is 228 g/mol. The maximum atomic E-state index is 6.20. The standard InChI is InChI=1S/C12H21ClN2/c1-6-9(7-2)15-11(13)8-10(14-15)12(3,4)5/h8-9H,6-7H2,1-5H3. The molecule has 3 heteroatoms. The second kappa shape index (κ2) is 4.56. The van der Waals surface area contributed by atoms with Gasteiger partial charge in [0.2, 0.25) is 0 Å². The van der Waals surface area contributed by atoms with Crippen molar-refractivity contribution < 1.29 is 0 Å². The third-order valence-corrected chi connectivity index (χ3v) is 3.03. The Kier molecular flexibility index (Phi) is 3.82. The fourth-order valence-corrected chi connectivity index (χ4v) is 1.91. The predicted molar refractivity (Wildman–Crippen MR) is 65.6 cm³/mol. The Hall–Kier alpha value is -0.500. The number of hydrogen-bond acceptors (Lipinski definition) is 1. The van der Waals surface area contributed by atoms with E-state index in [-0.39, 0.29) is 5.41 Å². The van der Waals surface area contributed by atoms with Crippen LogP contribution < -0.4 is 0 Å². The van der Waals surface area contributed by atoms with Crippen LogP contribution in [0.5, 0.6) is 0 Å². The molecule has 0 bridgehead atoms. The molecule has 0 unspecified atom stereocenters. The van der Waals surface area contributed by atoms with Gasteiger partial charge in [-0.25, -0.2) is 0 Å². The van der Waals surface area contributed by atoms with Crippen LogP contribution in [-0.2, 0) is 5.41 Å². The fraction of sp³-hybridized carbons (Fsp3) is 0.750. The number of aromatic nitrogens is 2. The smallest absolute Gasteiger partial charge is 0.127 e. The van der Waals surface area contributed by atoms with E-state index in [1.807, 2.05) is 10.7 Å². The molecule has 0 aliphatic rings. The van der Waals surface area contributed by atoms with Gasteiger partial charge in [0.05, 0.1) is 11.7 Å². The summed E-state index contributed by atoms with van der Waals surface area (Å²) in [5.41, 5.74) is 1.14. The average molecular weight is 229 g/mol. The number of hydrogen-bond donors (Lipinski definition) is 0. The van der Waals surface area contributed by atoms with Crippen molar-refractivity contribution in [3.05, 3.63) is 16.9 Å². The first kappa shape index (κ1) is 12.6. The van der Waals surface area contributed by atoms with Crippen LogP contribution in [0.2, 0.25) is 5.15 Å². The molecule has 0 aliphatic carbocycles. The SMILES string of the molecule is CCC(CC)n1nc(C(C)(C)C)cc1Cl. The molecule has 0 spiro atoms. The Morgan fingerprint density at radius 3 is 2.20 bits per heavy atom. The van der Waals surface area contributed by atoms with Crippen molar-refractivity contribution in [1.29, 1.82) is 0 Å². The molecule has 15 heavy (non-hydrogen) atoms. The first-order chi connectivity index (χ1) is 6.90. The van der Waals surface area contributed by atoms with E-state index in [0.717, 1.165) is 23.7 Å². The van der Waals surface area contributed by atoms with Gasteiger partial charge in [0.15, 0.2) is 0 Å². The Morgan fingerprint density at radius 1 is 1.33 bits per heavy atom. The predicted octanol–water partition coefficient (Wildman–Crippen LogP) is 4.20. The van der Waals surface area contributed by atoms with Gasteiger partial charge in [-0.3, -0.25) is 4.68 Å². The van der Waals surface area contributed by atoms with Crippen molar-refractivity contribution in [3.8, 4) is 0 Å². The largest absolute Gasteiger partial charge is 0.251 e. The maximum Gasteiger partial charge on any atom is 0.127 e. The third kappa shape index (κ3) is 2.75. The zero-order valence-electron chi connectivity index (χ0n) is 10.3. The van der Waals surface area contributed by atoms with Gasteiger partial charge in [0.1, 0.15) is 5.15 Å². The van der Waals surface area contributed by atoms with E-state index in [1.54, 1.807) is 0 Å². The normalized spacial score (nSPS) is 12.5. The van der Waals surface area contributed by atoms with Crippen LogP contribution in [-0.4, -0.2) is 9.78 Å². The van der Waals surface area contributed by atoms with Crippen LogP contribution in [0.25, 0.3) is 0 Å². The zero-order valence-corrected chi connectivity index (χ0v) is 11.1. The van der Waals surface area contributed by atoms with Crippen LogP contribution in [0.3, 0.4) is 0 Å². The highest BCUT2D eigenvalue weighted by molar-refractivity contribution is 6.29. The van der Waals surface area contributed by atoms with Crippen molar-refractivity contribution in [1.82, 2.24) is 9.78 Å². The molecule has 1 heterocycles. The molecular formula is C12H21ClN2. The Balaban J connectivity index is 3.06. The van der Waals surface area contributed by atoms with Gasteiger partial charge >= 0.3 is 0 Å². The summed E-state index contributed by atoms with van der Waals surface area (Å²) in [6.07, 6.45) is 2.14.